The zero-order chi connectivity index (χ0) is 12.6. The van der Waals surface area contributed by atoms with Gasteiger partial charge in [0.1, 0.15) is 5.75 Å². The molecule has 1 aromatic rings. The Hall–Kier alpha value is -0.930. The van der Waals surface area contributed by atoms with E-state index in [4.69, 9.17) is 4.74 Å². The van der Waals surface area contributed by atoms with Gasteiger partial charge in [-0.2, -0.15) is 11.8 Å². The Morgan fingerprint density at radius 2 is 2.11 bits per heavy atom. The summed E-state index contributed by atoms with van der Waals surface area (Å²) in [6, 6.07) is 8.50. The van der Waals surface area contributed by atoms with E-state index in [1.54, 1.807) is 0 Å². The maximum Gasteiger partial charge on any atom is 0.119 e. The lowest BCUT2D eigenvalue weighted by atomic mass is 10.0. The Kier molecular flexibility index (Phi) is 5.62. The van der Waals surface area contributed by atoms with Gasteiger partial charge in [0.2, 0.25) is 0 Å². The van der Waals surface area contributed by atoms with Crippen molar-refractivity contribution in [2.24, 2.45) is 0 Å². The Morgan fingerprint density at radius 3 is 2.78 bits per heavy atom. The zero-order valence-corrected chi connectivity index (χ0v) is 11.8. The topological polar surface area (TPSA) is 21.3 Å². The molecule has 0 radical (unpaired) electrons. The summed E-state index contributed by atoms with van der Waals surface area (Å²) < 4.78 is 5.71. The minimum absolute atomic E-state index is 0.812. The summed E-state index contributed by atoms with van der Waals surface area (Å²) in [5, 5.41) is 3.33. The first-order valence-corrected chi connectivity index (χ1v) is 7.91. The Balaban J connectivity index is 1.87. The van der Waals surface area contributed by atoms with E-state index in [1.807, 2.05) is 11.8 Å². The molecule has 98 valence electrons. The number of benzene rings is 1. The van der Waals surface area contributed by atoms with Crippen LogP contribution < -0.4 is 10.1 Å². The summed E-state index contributed by atoms with van der Waals surface area (Å²) in [4.78, 5) is 0. The molecule has 0 aliphatic carbocycles. The SMILES string of the molecule is CSCCCOc1ccc(C2=CCNCC2)cc1. The highest BCUT2D eigenvalue weighted by molar-refractivity contribution is 7.98. The molecule has 0 amide bonds. The fourth-order valence-corrected chi connectivity index (χ4v) is 2.45. The van der Waals surface area contributed by atoms with Crippen molar-refractivity contribution in [2.45, 2.75) is 12.8 Å². The predicted octanol–water partition coefficient (Wildman–Crippen LogP) is 3.20. The largest absolute Gasteiger partial charge is 0.494 e. The highest BCUT2D eigenvalue weighted by Gasteiger charge is 2.05. The fourth-order valence-electron chi connectivity index (χ4n) is 2.04. The summed E-state index contributed by atoms with van der Waals surface area (Å²) in [5.74, 6) is 2.15. The van der Waals surface area contributed by atoms with Gasteiger partial charge in [0, 0.05) is 6.54 Å². The number of hydrogen-bond donors (Lipinski definition) is 1. The molecule has 0 bridgehead atoms. The lowest BCUT2D eigenvalue weighted by Crippen LogP contribution is -2.19. The van der Waals surface area contributed by atoms with Crippen LogP contribution in [-0.2, 0) is 0 Å². The van der Waals surface area contributed by atoms with Crippen LogP contribution in [0.3, 0.4) is 0 Å². The van der Waals surface area contributed by atoms with Crippen molar-refractivity contribution in [2.75, 3.05) is 31.7 Å². The molecule has 0 aromatic heterocycles. The van der Waals surface area contributed by atoms with Crippen molar-refractivity contribution in [3.05, 3.63) is 35.9 Å². The lowest BCUT2D eigenvalue weighted by molar-refractivity contribution is 0.319. The molecule has 0 atom stereocenters. The molecule has 1 aliphatic rings. The van der Waals surface area contributed by atoms with Gasteiger partial charge >= 0.3 is 0 Å². The zero-order valence-electron chi connectivity index (χ0n) is 10.9. The van der Waals surface area contributed by atoms with E-state index in [1.165, 1.54) is 11.1 Å². The van der Waals surface area contributed by atoms with Crippen LogP contribution in [0.5, 0.6) is 5.75 Å². The van der Waals surface area contributed by atoms with Crippen LogP contribution in [0.4, 0.5) is 0 Å². The van der Waals surface area contributed by atoms with Crippen molar-refractivity contribution >= 4 is 17.3 Å². The lowest BCUT2D eigenvalue weighted by Gasteiger charge is -2.14. The average Bonchev–Trinajstić information content (AvgIpc) is 2.45. The minimum Gasteiger partial charge on any atom is -0.494 e. The molecule has 2 rings (SSSR count). The Labute approximate surface area is 114 Å². The second kappa shape index (κ2) is 7.49. The summed E-state index contributed by atoms with van der Waals surface area (Å²) in [6.45, 7) is 2.88. The van der Waals surface area contributed by atoms with Crippen LogP contribution in [0.25, 0.3) is 5.57 Å². The van der Waals surface area contributed by atoms with Crippen molar-refractivity contribution in [3.63, 3.8) is 0 Å². The molecule has 0 fully saturated rings. The maximum atomic E-state index is 5.71. The van der Waals surface area contributed by atoms with Gasteiger partial charge in [-0.25, -0.2) is 0 Å². The van der Waals surface area contributed by atoms with Gasteiger partial charge in [-0.15, -0.1) is 0 Å². The summed E-state index contributed by atoms with van der Waals surface area (Å²) in [6.07, 6.45) is 6.63. The predicted molar refractivity (Wildman–Crippen MR) is 80.4 cm³/mol. The molecule has 3 heteroatoms. The summed E-state index contributed by atoms with van der Waals surface area (Å²) >= 11 is 1.86. The highest BCUT2D eigenvalue weighted by Crippen LogP contribution is 2.22. The second-order valence-electron chi connectivity index (χ2n) is 4.40. The van der Waals surface area contributed by atoms with Crippen LogP contribution in [0.1, 0.15) is 18.4 Å². The van der Waals surface area contributed by atoms with E-state index in [0.29, 0.717) is 0 Å². The first-order valence-electron chi connectivity index (χ1n) is 6.52. The highest BCUT2D eigenvalue weighted by atomic mass is 32.2. The Bertz CT molecular complexity index is 386. The van der Waals surface area contributed by atoms with Crippen molar-refractivity contribution in [1.82, 2.24) is 5.32 Å². The third kappa shape index (κ3) is 4.07. The first kappa shape index (κ1) is 13.5. The van der Waals surface area contributed by atoms with E-state index in [2.05, 4.69) is 41.9 Å². The van der Waals surface area contributed by atoms with E-state index >= 15 is 0 Å². The molecule has 0 spiro atoms. The van der Waals surface area contributed by atoms with Gasteiger partial charge in [-0.05, 0) is 54.7 Å². The van der Waals surface area contributed by atoms with Gasteiger partial charge in [0.25, 0.3) is 0 Å². The summed E-state index contributed by atoms with van der Waals surface area (Å²) in [5.41, 5.74) is 2.77. The molecule has 1 N–H and O–H groups in total. The first-order chi connectivity index (χ1) is 8.90. The molecule has 2 nitrogen and oxygen atoms in total. The van der Waals surface area contributed by atoms with Gasteiger partial charge < -0.3 is 10.1 Å². The van der Waals surface area contributed by atoms with Crippen LogP contribution in [0, 0.1) is 0 Å². The van der Waals surface area contributed by atoms with E-state index in [0.717, 1.165) is 44.0 Å². The van der Waals surface area contributed by atoms with Crippen molar-refractivity contribution in [3.8, 4) is 5.75 Å². The summed E-state index contributed by atoms with van der Waals surface area (Å²) in [7, 11) is 0. The van der Waals surface area contributed by atoms with Crippen molar-refractivity contribution < 1.29 is 4.74 Å². The van der Waals surface area contributed by atoms with E-state index < -0.39 is 0 Å². The molecule has 1 aromatic carbocycles. The van der Waals surface area contributed by atoms with Crippen molar-refractivity contribution in [1.29, 1.82) is 0 Å². The normalized spacial score (nSPS) is 15.3. The van der Waals surface area contributed by atoms with Gasteiger partial charge in [-0.3, -0.25) is 0 Å². The third-order valence-corrected chi connectivity index (χ3v) is 3.75. The third-order valence-electron chi connectivity index (χ3n) is 3.05. The van der Waals surface area contributed by atoms with Crippen LogP contribution in [-0.4, -0.2) is 31.7 Å². The molecular formula is C15H21NOS. The molecule has 18 heavy (non-hydrogen) atoms. The molecule has 0 saturated carbocycles. The number of hydrogen-bond acceptors (Lipinski definition) is 3. The van der Waals surface area contributed by atoms with Gasteiger partial charge in [0.15, 0.2) is 0 Å². The molecule has 1 heterocycles. The van der Waals surface area contributed by atoms with E-state index in [9.17, 15) is 0 Å². The van der Waals surface area contributed by atoms with Crippen LogP contribution >= 0.6 is 11.8 Å². The number of nitrogens with one attached hydrogen (secondary N) is 1. The molecule has 0 saturated heterocycles. The Morgan fingerprint density at radius 1 is 1.28 bits per heavy atom. The second-order valence-corrected chi connectivity index (χ2v) is 5.39. The number of ether oxygens (including phenoxy) is 1. The van der Waals surface area contributed by atoms with Gasteiger partial charge in [-0.1, -0.05) is 18.2 Å². The van der Waals surface area contributed by atoms with E-state index in [-0.39, 0.29) is 0 Å². The maximum absolute atomic E-state index is 5.71. The standard InChI is InChI=1S/C15H21NOS/c1-18-12-2-11-17-15-5-3-13(4-6-15)14-7-9-16-10-8-14/h3-7,16H,2,8-12H2,1H3. The number of rotatable bonds is 6. The van der Waals surface area contributed by atoms with Crippen LogP contribution in [0.15, 0.2) is 30.3 Å². The average molecular weight is 263 g/mol. The number of thioether (sulfide) groups is 1. The fraction of sp³-hybridized carbons (Fsp3) is 0.467. The minimum atomic E-state index is 0.812. The molecule has 1 aliphatic heterocycles. The smallest absolute Gasteiger partial charge is 0.119 e. The van der Waals surface area contributed by atoms with Crippen LogP contribution in [0.2, 0.25) is 0 Å². The quantitative estimate of drug-likeness (QED) is 0.796. The monoisotopic (exact) mass is 263 g/mol. The molecular weight excluding hydrogens is 242 g/mol. The van der Waals surface area contributed by atoms with Gasteiger partial charge in [0.05, 0.1) is 6.61 Å². The molecule has 0 unspecified atom stereocenters.